The van der Waals surface area contributed by atoms with Crippen LogP contribution >= 0.6 is 0 Å². The van der Waals surface area contributed by atoms with Crippen LogP contribution in [0.4, 0.5) is 11.4 Å². The summed E-state index contributed by atoms with van der Waals surface area (Å²) in [5.74, 6) is -0.266. The van der Waals surface area contributed by atoms with Gasteiger partial charge >= 0.3 is 0 Å². The molecular weight excluding hydrogens is 244 g/mol. The summed E-state index contributed by atoms with van der Waals surface area (Å²) in [6, 6.07) is 6.94. The highest BCUT2D eigenvalue weighted by Gasteiger charge is 2.20. The topological polar surface area (TPSA) is 67.4 Å². The molecule has 1 aromatic carbocycles. The third kappa shape index (κ3) is 5.09. The van der Waals surface area contributed by atoms with Gasteiger partial charge in [-0.2, -0.15) is 0 Å². The molecule has 0 saturated heterocycles. The molecule has 0 aliphatic carbocycles. The number of nitrogens with one attached hydrogen (secondary N) is 2. The van der Waals surface area contributed by atoms with Gasteiger partial charge in [-0.15, -0.1) is 0 Å². The van der Waals surface area contributed by atoms with Crippen LogP contribution in [-0.4, -0.2) is 25.5 Å². The predicted octanol–water partition coefficient (Wildman–Crippen LogP) is 2.26. The van der Waals surface area contributed by atoms with Gasteiger partial charge in [0, 0.05) is 23.9 Å². The van der Waals surface area contributed by atoms with Crippen molar-refractivity contribution in [3.8, 4) is 0 Å². The van der Waals surface area contributed by atoms with E-state index in [1.165, 1.54) is 7.11 Å². The first-order chi connectivity index (χ1) is 8.82. The first-order valence-corrected chi connectivity index (χ1v) is 6.03. The average molecular weight is 264 g/mol. The molecule has 1 aromatic rings. The smallest absolute Gasteiger partial charge is 0.250 e. The Morgan fingerprint density at radius 3 is 1.95 bits per heavy atom. The van der Waals surface area contributed by atoms with Gasteiger partial charge in [-0.25, -0.2) is 0 Å². The Morgan fingerprint density at radius 2 is 1.53 bits per heavy atom. The number of hydrogen-bond donors (Lipinski definition) is 2. The Bertz CT molecular complexity index is 447. The van der Waals surface area contributed by atoms with E-state index in [1.807, 2.05) is 20.8 Å². The number of carbonyl (C=O) groups excluding carboxylic acids is 2. The Kier molecular flexibility index (Phi) is 5.06. The Labute approximate surface area is 113 Å². The molecule has 0 saturated carbocycles. The summed E-state index contributed by atoms with van der Waals surface area (Å²) in [4.78, 5) is 23.1. The number of amides is 2. The minimum Gasteiger partial charge on any atom is -0.375 e. The van der Waals surface area contributed by atoms with E-state index in [-0.39, 0.29) is 18.4 Å². The van der Waals surface area contributed by atoms with Gasteiger partial charge in [-0.3, -0.25) is 9.59 Å². The zero-order valence-corrected chi connectivity index (χ0v) is 11.7. The molecule has 0 unspecified atom stereocenters. The first kappa shape index (κ1) is 15.2. The summed E-state index contributed by atoms with van der Waals surface area (Å²) in [6.07, 6.45) is 0. The monoisotopic (exact) mass is 264 g/mol. The molecule has 0 fully saturated rings. The summed E-state index contributed by atoms with van der Waals surface area (Å²) in [5, 5.41) is 5.49. The Balaban J connectivity index is 2.62. The number of ether oxygens (including phenoxy) is 1. The Morgan fingerprint density at radius 1 is 1.05 bits per heavy atom. The third-order valence-corrected chi connectivity index (χ3v) is 2.38. The van der Waals surface area contributed by atoms with Crippen molar-refractivity contribution < 1.29 is 14.3 Å². The molecule has 2 amide bonds. The molecule has 0 aliphatic rings. The van der Waals surface area contributed by atoms with Crippen molar-refractivity contribution in [3.05, 3.63) is 24.3 Å². The van der Waals surface area contributed by atoms with Crippen LogP contribution in [0.2, 0.25) is 0 Å². The van der Waals surface area contributed by atoms with Crippen molar-refractivity contribution in [2.75, 3.05) is 24.4 Å². The molecule has 0 spiro atoms. The summed E-state index contributed by atoms with van der Waals surface area (Å²) in [7, 11) is 1.46. The van der Waals surface area contributed by atoms with Crippen LogP contribution in [0.1, 0.15) is 20.8 Å². The quantitative estimate of drug-likeness (QED) is 0.876. The summed E-state index contributed by atoms with van der Waals surface area (Å²) < 4.78 is 4.72. The van der Waals surface area contributed by atoms with Crippen molar-refractivity contribution in [1.82, 2.24) is 0 Å². The van der Waals surface area contributed by atoms with Gasteiger partial charge in [0.05, 0.1) is 0 Å². The molecule has 0 aromatic heterocycles. The number of rotatable bonds is 4. The fraction of sp³-hybridized carbons (Fsp3) is 0.429. The molecule has 5 heteroatoms. The molecule has 2 N–H and O–H groups in total. The number of anilines is 2. The van der Waals surface area contributed by atoms with Crippen LogP contribution in [0.25, 0.3) is 0 Å². The van der Waals surface area contributed by atoms with Gasteiger partial charge in [0.15, 0.2) is 0 Å². The molecule has 0 aliphatic heterocycles. The van der Waals surface area contributed by atoms with Crippen molar-refractivity contribution in [2.45, 2.75) is 20.8 Å². The van der Waals surface area contributed by atoms with Gasteiger partial charge in [0.25, 0.3) is 0 Å². The van der Waals surface area contributed by atoms with E-state index in [0.29, 0.717) is 11.4 Å². The highest BCUT2D eigenvalue weighted by atomic mass is 16.5. The molecule has 0 heterocycles. The van der Waals surface area contributed by atoms with Crippen LogP contribution in [0.3, 0.4) is 0 Å². The van der Waals surface area contributed by atoms with Gasteiger partial charge < -0.3 is 15.4 Å². The van der Waals surface area contributed by atoms with Crippen molar-refractivity contribution >= 4 is 23.2 Å². The Hall–Kier alpha value is -1.88. The molecular formula is C14H20N2O3. The second-order valence-electron chi connectivity index (χ2n) is 5.26. The van der Waals surface area contributed by atoms with Gasteiger partial charge in [-0.1, -0.05) is 20.8 Å². The van der Waals surface area contributed by atoms with Crippen molar-refractivity contribution in [1.29, 1.82) is 0 Å². The van der Waals surface area contributed by atoms with E-state index >= 15 is 0 Å². The first-order valence-electron chi connectivity index (χ1n) is 6.03. The molecule has 0 atom stereocenters. The minimum absolute atomic E-state index is 0.0164. The average Bonchev–Trinajstić information content (AvgIpc) is 2.30. The van der Waals surface area contributed by atoms with Gasteiger partial charge in [0.1, 0.15) is 6.61 Å². The van der Waals surface area contributed by atoms with E-state index in [0.717, 1.165) is 0 Å². The molecule has 1 rings (SSSR count). The summed E-state index contributed by atoms with van der Waals surface area (Å²) in [5.41, 5.74) is 0.922. The second-order valence-corrected chi connectivity index (χ2v) is 5.26. The van der Waals surface area contributed by atoms with Crippen molar-refractivity contribution in [3.63, 3.8) is 0 Å². The highest BCUT2D eigenvalue weighted by molar-refractivity contribution is 5.95. The lowest BCUT2D eigenvalue weighted by Crippen LogP contribution is -2.27. The largest absolute Gasteiger partial charge is 0.375 e. The van der Waals surface area contributed by atoms with Crippen LogP contribution < -0.4 is 10.6 Å². The van der Waals surface area contributed by atoms with E-state index in [9.17, 15) is 9.59 Å². The summed E-state index contributed by atoms with van der Waals surface area (Å²) >= 11 is 0. The van der Waals surface area contributed by atoms with Crippen LogP contribution in [0, 0.1) is 5.41 Å². The second kappa shape index (κ2) is 6.33. The summed E-state index contributed by atoms with van der Waals surface area (Å²) in [6.45, 7) is 5.56. The fourth-order valence-corrected chi connectivity index (χ4v) is 1.28. The maximum absolute atomic E-state index is 11.8. The van der Waals surface area contributed by atoms with E-state index in [2.05, 4.69) is 10.6 Å². The zero-order chi connectivity index (χ0) is 14.5. The number of methoxy groups -OCH3 is 1. The van der Waals surface area contributed by atoms with Crippen LogP contribution in [-0.2, 0) is 14.3 Å². The van der Waals surface area contributed by atoms with E-state index < -0.39 is 5.41 Å². The SMILES string of the molecule is COCC(=O)Nc1ccc(NC(=O)C(C)(C)C)cc1. The number of benzene rings is 1. The maximum Gasteiger partial charge on any atom is 0.250 e. The normalized spacial score (nSPS) is 10.9. The lowest BCUT2D eigenvalue weighted by molar-refractivity contribution is -0.123. The maximum atomic E-state index is 11.8. The van der Waals surface area contributed by atoms with Gasteiger partial charge in [-0.05, 0) is 24.3 Å². The standard InChI is InChI=1S/C14H20N2O3/c1-14(2,3)13(18)16-11-7-5-10(6-8-11)15-12(17)9-19-4/h5-8H,9H2,1-4H3,(H,15,17)(H,16,18). The highest BCUT2D eigenvalue weighted by Crippen LogP contribution is 2.18. The van der Waals surface area contributed by atoms with E-state index in [4.69, 9.17) is 4.74 Å². The molecule has 0 radical (unpaired) electrons. The lowest BCUT2D eigenvalue weighted by Gasteiger charge is -2.17. The van der Waals surface area contributed by atoms with Crippen molar-refractivity contribution in [2.24, 2.45) is 5.41 Å². The number of carbonyl (C=O) groups is 2. The van der Waals surface area contributed by atoms with E-state index in [1.54, 1.807) is 24.3 Å². The van der Waals surface area contributed by atoms with Gasteiger partial charge in [0.2, 0.25) is 11.8 Å². The minimum atomic E-state index is -0.439. The molecule has 0 bridgehead atoms. The third-order valence-electron chi connectivity index (χ3n) is 2.38. The molecule has 5 nitrogen and oxygen atoms in total. The fourth-order valence-electron chi connectivity index (χ4n) is 1.28. The molecule has 19 heavy (non-hydrogen) atoms. The molecule has 104 valence electrons. The van der Waals surface area contributed by atoms with Crippen LogP contribution in [0.5, 0.6) is 0 Å². The lowest BCUT2D eigenvalue weighted by atomic mass is 9.95. The zero-order valence-electron chi connectivity index (χ0n) is 11.7. The number of hydrogen-bond acceptors (Lipinski definition) is 3. The van der Waals surface area contributed by atoms with Crippen LogP contribution in [0.15, 0.2) is 24.3 Å². The predicted molar refractivity (Wildman–Crippen MR) is 75.0 cm³/mol.